The molecule has 10 heteroatoms. The zero-order valence-electron chi connectivity index (χ0n) is 15.1. The summed E-state index contributed by atoms with van der Waals surface area (Å²) >= 11 is 3.16. The van der Waals surface area contributed by atoms with Gasteiger partial charge < -0.3 is 5.32 Å². The molecule has 0 unspecified atom stereocenters. The van der Waals surface area contributed by atoms with Gasteiger partial charge >= 0.3 is 0 Å². The fourth-order valence-electron chi connectivity index (χ4n) is 2.73. The summed E-state index contributed by atoms with van der Waals surface area (Å²) in [5.74, 6) is -1.25. The van der Waals surface area contributed by atoms with Crippen LogP contribution in [0.2, 0.25) is 0 Å². The molecule has 0 saturated carbocycles. The minimum absolute atomic E-state index is 0.0321. The van der Waals surface area contributed by atoms with Crippen LogP contribution in [-0.4, -0.2) is 20.6 Å². The molecule has 2 aromatic carbocycles. The van der Waals surface area contributed by atoms with Crippen LogP contribution in [0.25, 0.3) is 5.69 Å². The lowest BCUT2D eigenvalue weighted by atomic mass is 10.2. The maximum atomic E-state index is 13.5. The van der Waals surface area contributed by atoms with Gasteiger partial charge in [0.15, 0.2) is 5.69 Å². The highest BCUT2D eigenvalue weighted by atomic mass is 79.9. The van der Waals surface area contributed by atoms with Gasteiger partial charge in [0.25, 0.3) is 11.6 Å². The Hall–Kier alpha value is -3.40. The number of benzene rings is 2. The van der Waals surface area contributed by atoms with E-state index in [0.717, 1.165) is 0 Å². The number of aryl methyl sites for hydroxylation is 1. The molecular weight excluding hydrogens is 447 g/mol. The van der Waals surface area contributed by atoms with Crippen molar-refractivity contribution in [2.45, 2.75) is 13.5 Å². The van der Waals surface area contributed by atoms with Gasteiger partial charge in [0.2, 0.25) is 5.43 Å². The fourth-order valence-corrected chi connectivity index (χ4v) is 3.24. The number of aromatic nitrogens is 2. The zero-order chi connectivity index (χ0) is 21.1. The Kier molecular flexibility index (Phi) is 5.83. The number of nitro benzene ring substituents is 1. The van der Waals surface area contributed by atoms with Crippen molar-refractivity contribution in [3.63, 3.8) is 0 Å². The van der Waals surface area contributed by atoms with E-state index in [2.05, 4.69) is 26.3 Å². The molecule has 1 N–H and O–H groups in total. The van der Waals surface area contributed by atoms with Crippen LogP contribution in [0.15, 0.2) is 57.8 Å². The summed E-state index contributed by atoms with van der Waals surface area (Å²) < 4.78 is 15.1. The molecule has 0 aliphatic carbocycles. The maximum absolute atomic E-state index is 13.5. The van der Waals surface area contributed by atoms with E-state index in [0.29, 0.717) is 15.7 Å². The second-order valence-corrected chi connectivity index (χ2v) is 7.03. The summed E-state index contributed by atoms with van der Waals surface area (Å²) in [6.07, 6.45) is 0. The molecule has 3 rings (SSSR count). The second-order valence-electron chi connectivity index (χ2n) is 6.12. The van der Waals surface area contributed by atoms with Crippen LogP contribution in [0.3, 0.4) is 0 Å². The Morgan fingerprint density at radius 3 is 2.69 bits per heavy atom. The van der Waals surface area contributed by atoms with Crippen LogP contribution in [0.4, 0.5) is 10.1 Å². The molecule has 1 aromatic heterocycles. The Labute approximate surface area is 172 Å². The topological polar surface area (TPSA) is 107 Å². The van der Waals surface area contributed by atoms with Crippen LogP contribution in [-0.2, 0) is 6.54 Å². The highest BCUT2D eigenvalue weighted by Crippen LogP contribution is 2.22. The van der Waals surface area contributed by atoms with Gasteiger partial charge in [-0.1, -0.05) is 28.1 Å². The van der Waals surface area contributed by atoms with Crippen molar-refractivity contribution in [3.05, 3.63) is 96.1 Å². The first-order chi connectivity index (χ1) is 13.8. The van der Waals surface area contributed by atoms with Gasteiger partial charge in [0, 0.05) is 28.8 Å². The molecule has 1 amide bonds. The SMILES string of the molecule is Cc1cc(=O)c(C(=O)NCc2cc(F)cc(Br)c2)nn1-c1ccccc1[N+](=O)[O-]. The fraction of sp³-hybridized carbons (Fsp3) is 0.105. The predicted molar refractivity (Wildman–Crippen MR) is 106 cm³/mol. The molecule has 3 aromatic rings. The van der Waals surface area contributed by atoms with E-state index >= 15 is 0 Å². The molecule has 8 nitrogen and oxygen atoms in total. The van der Waals surface area contributed by atoms with Gasteiger partial charge in [0.05, 0.1) is 4.92 Å². The molecule has 0 bridgehead atoms. The molecule has 0 aliphatic rings. The highest BCUT2D eigenvalue weighted by Gasteiger charge is 2.20. The first-order valence-corrected chi connectivity index (χ1v) is 9.13. The number of halogens is 2. The summed E-state index contributed by atoms with van der Waals surface area (Å²) in [6, 6.07) is 11.2. The summed E-state index contributed by atoms with van der Waals surface area (Å²) in [6.45, 7) is 1.52. The summed E-state index contributed by atoms with van der Waals surface area (Å²) in [4.78, 5) is 35.5. The smallest absolute Gasteiger partial charge is 0.294 e. The number of carbonyl (C=O) groups is 1. The number of carbonyl (C=O) groups excluding carboxylic acids is 1. The van der Waals surface area contributed by atoms with Crippen LogP contribution in [0, 0.1) is 22.9 Å². The van der Waals surface area contributed by atoms with Crippen LogP contribution < -0.4 is 10.7 Å². The van der Waals surface area contributed by atoms with Gasteiger partial charge in [-0.2, -0.15) is 5.10 Å². The molecule has 0 atom stereocenters. The number of nitrogens with zero attached hydrogens (tertiary/aromatic N) is 3. The molecule has 0 aliphatic heterocycles. The van der Waals surface area contributed by atoms with Crippen molar-refractivity contribution in [3.8, 4) is 5.69 Å². The van der Waals surface area contributed by atoms with E-state index in [1.807, 2.05) is 0 Å². The minimum Gasteiger partial charge on any atom is -0.346 e. The van der Waals surface area contributed by atoms with Gasteiger partial charge in [-0.3, -0.25) is 19.7 Å². The number of hydrogen-bond donors (Lipinski definition) is 1. The van der Waals surface area contributed by atoms with Crippen LogP contribution in [0.1, 0.15) is 21.7 Å². The van der Waals surface area contributed by atoms with Crippen molar-refractivity contribution in [1.29, 1.82) is 0 Å². The number of nitro groups is 1. The molecular formula is C19H14BrFN4O4. The molecule has 0 spiro atoms. The summed E-state index contributed by atoms with van der Waals surface area (Å²) in [5.41, 5.74) is -0.341. The van der Waals surface area contributed by atoms with Crippen molar-refractivity contribution < 1.29 is 14.1 Å². The van der Waals surface area contributed by atoms with Crippen molar-refractivity contribution in [2.75, 3.05) is 0 Å². The Bertz CT molecular complexity index is 1160. The molecule has 1 heterocycles. The third-order valence-electron chi connectivity index (χ3n) is 4.00. The Morgan fingerprint density at radius 2 is 2.00 bits per heavy atom. The quantitative estimate of drug-likeness (QED) is 0.464. The van der Waals surface area contributed by atoms with E-state index in [-0.39, 0.29) is 17.9 Å². The summed E-state index contributed by atoms with van der Waals surface area (Å²) in [5, 5.41) is 17.8. The lowest BCUT2D eigenvalue weighted by Crippen LogP contribution is -2.31. The van der Waals surface area contributed by atoms with Crippen LogP contribution in [0.5, 0.6) is 0 Å². The lowest BCUT2D eigenvalue weighted by Gasteiger charge is -2.11. The average molecular weight is 461 g/mol. The van der Waals surface area contributed by atoms with E-state index in [9.17, 15) is 24.1 Å². The number of rotatable bonds is 5. The number of nitrogens with one attached hydrogen (secondary N) is 1. The van der Waals surface area contributed by atoms with Gasteiger partial charge in [-0.25, -0.2) is 9.07 Å². The Morgan fingerprint density at radius 1 is 1.28 bits per heavy atom. The second kappa shape index (κ2) is 8.31. The molecule has 0 radical (unpaired) electrons. The first-order valence-electron chi connectivity index (χ1n) is 8.34. The van der Waals surface area contributed by atoms with E-state index in [1.54, 1.807) is 19.1 Å². The molecule has 29 heavy (non-hydrogen) atoms. The van der Waals surface area contributed by atoms with Gasteiger partial charge in [-0.05, 0) is 36.8 Å². The number of para-hydroxylation sites is 2. The van der Waals surface area contributed by atoms with Gasteiger partial charge in [-0.15, -0.1) is 0 Å². The minimum atomic E-state index is -0.775. The third kappa shape index (κ3) is 4.54. The highest BCUT2D eigenvalue weighted by molar-refractivity contribution is 9.10. The maximum Gasteiger partial charge on any atom is 0.294 e. The molecule has 148 valence electrons. The van der Waals surface area contributed by atoms with Crippen molar-refractivity contribution >= 4 is 27.5 Å². The molecule has 0 saturated heterocycles. The lowest BCUT2D eigenvalue weighted by molar-refractivity contribution is -0.384. The van der Waals surface area contributed by atoms with E-state index < -0.39 is 27.8 Å². The van der Waals surface area contributed by atoms with Crippen molar-refractivity contribution in [2.24, 2.45) is 0 Å². The normalized spacial score (nSPS) is 10.6. The summed E-state index contributed by atoms with van der Waals surface area (Å²) in [7, 11) is 0. The number of amides is 1. The predicted octanol–water partition coefficient (Wildman–Crippen LogP) is 3.28. The van der Waals surface area contributed by atoms with E-state index in [1.165, 1.54) is 41.1 Å². The first kappa shape index (κ1) is 20.3. The Balaban J connectivity index is 1.94. The van der Waals surface area contributed by atoms with E-state index in [4.69, 9.17) is 0 Å². The average Bonchev–Trinajstić information content (AvgIpc) is 2.65. The zero-order valence-corrected chi connectivity index (χ0v) is 16.6. The van der Waals surface area contributed by atoms with Gasteiger partial charge in [0.1, 0.15) is 11.5 Å². The largest absolute Gasteiger partial charge is 0.346 e. The van der Waals surface area contributed by atoms with Crippen molar-refractivity contribution in [1.82, 2.24) is 15.1 Å². The standard InChI is InChI=1S/C19H14BrFN4O4/c1-11-6-17(26)18(19(27)22-10-12-7-13(20)9-14(21)8-12)23-24(11)15-4-2-3-5-16(15)25(28)29/h2-9H,10H2,1H3,(H,22,27). The third-order valence-corrected chi connectivity index (χ3v) is 4.46. The number of hydrogen-bond acceptors (Lipinski definition) is 5. The monoisotopic (exact) mass is 460 g/mol. The molecule has 0 fully saturated rings. The van der Waals surface area contributed by atoms with Crippen LogP contribution >= 0.6 is 15.9 Å².